The van der Waals surface area contributed by atoms with Crippen LogP contribution < -0.4 is 11.1 Å². The maximum atomic E-state index is 11.5. The van der Waals surface area contributed by atoms with Crippen LogP contribution >= 0.6 is 0 Å². The van der Waals surface area contributed by atoms with Crippen LogP contribution in [0, 0.1) is 6.92 Å². The van der Waals surface area contributed by atoms with Gasteiger partial charge in [-0.15, -0.1) is 0 Å². The molecule has 4 heteroatoms. The first-order valence-corrected chi connectivity index (χ1v) is 6.02. The summed E-state index contributed by atoms with van der Waals surface area (Å²) in [5.41, 5.74) is 7.65. The number of nitrogens with zero attached hydrogens (tertiary/aromatic N) is 1. The Morgan fingerprint density at radius 2 is 2.35 bits per heavy atom. The van der Waals surface area contributed by atoms with Crippen molar-refractivity contribution in [2.45, 2.75) is 45.7 Å². The summed E-state index contributed by atoms with van der Waals surface area (Å²) in [5.74, 6) is 0.0655. The lowest BCUT2D eigenvalue weighted by Gasteiger charge is -2.07. The predicted octanol–water partition coefficient (Wildman–Crippen LogP) is 1.52. The molecule has 0 bridgehead atoms. The number of nitrogens with two attached hydrogens (primary N) is 1. The van der Waals surface area contributed by atoms with Crippen LogP contribution in [0.3, 0.4) is 0 Å². The second-order valence-corrected chi connectivity index (χ2v) is 4.41. The van der Waals surface area contributed by atoms with Gasteiger partial charge in [0, 0.05) is 18.7 Å². The summed E-state index contributed by atoms with van der Waals surface area (Å²) in [7, 11) is 0. The third-order valence-electron chi connectivity index (χ3n) is 2.63. The molecule has 1 aromatic heterocycles. The van der Waals surface area contributed by atoms with Crippen molar-refractivity contribution in [2.75, 3.05) is 0 Å². The number of pyridine rings is 1. The summed E-state index contributed by atoms with van der Waals surface area (Å²) in [4.78, 5) is 15.8. The molecule has 1 heterocycles. The van der Waals surface area contributed by atoms with E-state index in [0.29, 0.717) is 13.0 Å². The molecule has 0 fully saturated rings. The smallest absolute Gasteiger partial charge is 0.220 e. The molecule has 0 aliphatic carbocycles. The quantitative estimate of drug-likeness (QED) is 0.785. The molecule has 3 N–H and O–H groups in total. The van der Waals surface area contributed by atoms with E-state index in [9.17, 15) is 4.79 Å². The Balaban J connectivity index is 2.26. The van der Waals surface area contributed by atoms with Gasteiger partial charge >= 0.3 is 0 Å². The number of hydrogen-bond acceptors (Lipinski definition) is 3. The van der Waals surface area contributed by atoms with Crippen molar-refractivity contribution in [2.24, 2.45) is 5.73 Å². The van der Waals surface area contributed by atoms with Gasteiger partial charge in [-0.1, -0.05) is 6.07 Å². The highest BCUT2D eigenvalue weighted by atomic mass is 16.1. The van der Waals surface area contributed by atoms with Crippen molar-refractivity contribution in [3.63, 3.8) is 0 Å². The molecule has 94 valence electrons. The van der Waals surface area contributed by atoms with E-state index < -0.39 is 0 Å². The molecule has 0 saturated heterocycles. The molecular formula is C13H21N3O. The Bertz CT molecular complexity index is 363. The van der Waals surface area contributed by atoms with E-state index in [1.807, 2.05) is 26.0 Å². The molecular weight excluding hydrogens is 214 g/mol. The SMILES string of the molecule is Cc1cccnc1CNC(=O)CCCC(C)N. The van der Waals surface area contributed by atoms with Crippen molar-refractivity contribution in [1.82, 2.24) is 10.3 Å². The maximum Gasteiger partial charge on any atom is 0.220 e. The fourth-order valence-corrected chi connectivity index (χ4v) is 1.56. The third kappa shape index (κ3) is 5.45. The molecule has 1 rings (SSSR count). The summed E-state index contributed by atoms with van der Waals surface area (Å²) in [6, 6.07) is 4.05. The van der Waals surface area contributed by atoms with Crippen LogP contribution in [-0.4, -0.2) is 16.9 Å². The van der Waals surface area contributed by atoms with Crippen LogP contribution in [0.2, 0.25) is 0 Å². The highest BCUT2D eigenvalue weighted by Crippen LogP contribution is 2.03. The van der Waals surface area contributed by atoms with E-state index in [-0.39, 0.29) is 11.9 Å². The second-order valence-electron chi connectivity index (χ2n) is 4.41. The monoisotopic (exact) mass is 235 g/mol. The van der Waals surface area contributed by atoms with Crippen molar-refractivity contribution < 1.29 is 4.79 Å². The minimum absolute atomic E-state index is 0.0655. The molecule has 0 radical (unpaired) electrons. The van der Waals surface area contributed by atoms with E-state index in [1.54, 1.807) is 6.20 Å². The first-order chi connectivity index (χ1) is 8.09. The average Bonchev–Trinajstić information content (AvgIpc) is 2.27. The Hall–Kier alpha value is -1.42. The number of aryl methyl sites for hydroxylation is 1. The van der Waals surface area contributed by atoms with Crippen molar-refractivity contribution in [1.29, 1.82) is 0 Å². The summed E-state index contributed by atoms with van der Waals surface area (Å²) in [6.07, 6.45) is 4.00. The van der Waals surface area contributed by atoms with Gasteiger partial charge < -0.3 is 11.1 Å². The molecule has 1 aromatic rings. The lowest BCUT2D eigenvalue weighted by atomic mass is 10.1. The standard InChI is InChI=1S/C13H21N3O/c1-10-5-4-8-15-12(10)9-16-13(17)7-3-6-11(2)14/h4-5,8,11H,3,6-7,9,14H2,1-2H3,(H,16,17). The molecule has 1 unspecified atom stereocenters. The number of carbonyl (C=O) groups is 1. The van der Waals surface area contributed by atoms with E-state index in [2.05, 4.69) is 10.3 Å². The topological polar surface area (TPSA) is 68.0 Å². The minimum Gasteiger partial charge on any atom is -0.350 e. The van der Waals surface area contributed by atoms with Gasteiger partial charge in [0.25, 0.3) is 0 Å². The van der Waals surface area contributed by atoms with Gasteiger partial charge in [-0.25, -0.2) is 0 Å². The summed E-state index contributed by atoms with van der Waals surface area (Å²) in [6.45, 7) is 4.45. The Morgan fingerprint density at radius 3 is 3.00 bits per heavy atom. The number of amides is 1. The fourth-order valence-electron chi connectivity index (χ4n) is 1.56. The Kier molecular flexibility index (Phi) is 5.63. The van der Waals surface area contributed by atoms with Gasteiger partial charge in [0.2, 0.25) is 5.91 Å². The van der Waals surface area contributed by atoms with E-state index in [4.69, 9.17) is 5.73 Å². The van der Waals surface area contributed by atoms with Gasteiger partial charge in [0.15, 0.2) is 0 Å². The van der Waals surface area contributed by atoms with Gasteiger partial charge in [0.05, 0.1) is 12.2 Å². The lowest BCUT2D eigenvalue weighted by Crippen LogP contribution is -2.24. The van der Waals surface area contributed by atoms with Crippen LogP contribution in [0.25, 0.3) is 0 Å². The molecule has 4 nitrogen and oxygen atoms in total. The van der Waals surface area contributed by atoms with Crippen LogP contribution in [0.15, 0.2) is 18.3 Å². The minimum atomic E-state index is 0.0655. The summed E-state index contributed by atoms with van der Waals surface area (Å²) >= 11 is 0. The molecule has 0 aliphatic heterocycles. The van der Waals surface area contributed by atoms with Crippen LogP contribution in [0.1, 0.15) is 37.4 Å². The number of carbonyl (C=O) groups excluding carboxylic acids is 1. The zero-order chi connectivity index (χ0) is 12.7. The largest absolute Gasteiger partial charge is 0.350 e. The Labute approximate surface area is 103 Å². The third-order valence-corrected chi connectivity index (χ3v) is 2.63. The molecule has 0 aliphatic rings. The number of hydrogen-bond donors (Lipinski definition) is 2. The second kappa shape index (κ2) is 7.01. The van der Waals surface area contributed by atoms with Crippen molar-refractivity contribution in [3.8, 4) is 0 Å². The van der Waals surface area contributed by atoms with Crippen molar-refractivity contribution >= 4 is 5.91 Å². The van der Waals surface area contributed by atoms with Crippen molar-refractivity contribution in [3.05, 3.63) is 29.6 Å². The van der Waals surface area contributed by atoms with E-state index in [1.165, 1.54) is 0 Å². The van der Waals surface area contributed by atoms with Crippen LogP contribution in [0.4, 0.5) is 0 Å². The zero-order valence-corrected chi connectivity index (χ0v) is 10.6. The predicted molar refractivity (Wildman–Crippen MR) is 68.3 cm³/mol. The fraction of sp³-hybridized carbons (Fsp3) is 0.538. The molecule has 1 atom stereocenters. The first kappa shape index (κ1) is 13.6. The summed E-state index contributed by atoms with van der Waals surface area (Å²) < 4.78 is 0. The van der Waals surface area contributed by atoms with Crippen LogP contribution in [-0.2, 0) is 11.3 Å². The van der Waals surface area contributed by atoms with Crippen LogP contribution in [0.5, 0.6) is 0 Å². The molecule has 0 aromatic carbocycles. The highest BCUT2D eigenvalue weighted by molar-refractivity contribution is 5.75. The normalized spacial score (nSPS) is 12.2. The number of aromatic nitrogens is 1. The van der Waals surface area contributed by atoms with E-state index >= 15 is 0 Å². The van der Waals surface area contributed by atoms with Gasteiger partial charge in [-0.05, 0) is 38.3 Å². The average molecular weight is 235 g/mol. The maximum absolute atomic E-state index is 11.5. The Morgan fingerprint density at radius 1 is 1.59 bits per heavy atom. The molecule has 0 saturated carbocycles. The number of rotatable bonds is 6. The first-order valence-electron chi connectivity index (χ1n) is 6.02. The molecule has 1 amide bonds. The zero-order valence-electron chi connectivity index (χ0n) is 10.6. The number of nitrogens with one attached hydrogen (secondary N) is 1. The van der Waals surface area contributed by atoms with Gasteiger partial charge in [-0.3, -0.25) is 9.78 Å². The highest BCUT2D eigenvalue weighted by Gasteiger charge is 2.04. The molecule has 17 heavy (non-hydrogen) atoms. The summed E-state index contributed by atoms with van der Waals surface area (Å²) in [5, 5.41) is 2.87. The van der Waals surface area contributed by atoms with Gasteiger partial charge in [-0.2, -0.15) is 0 Å². The molecule has 0 spiro atoms. The lowest BCUT2D eigenvalue weighted by molar-refractivity contribution is -0.121. The van der Waals surface area contributed by atoms with E-state index in [0.717, 1.165) is 24.1 Å². The van der Waals surface area contributed by atoms with Gasteiger partial charge in [0.1, 0.15) is 0 Å².